The maximum atomic E-state index is 14.0. The molecule has 0 unspecified atom stereocenters. The molecule has 1 aromatic carbocycles. The van der Waals surface area contributed by atoms with Crippen LogP contribution < -0.4 is 4.74 Å². The van der Waals surface area contributed by atoms with E-state index in [2.05, 4.69) is 4.98 Å². The van der Waals surface area contributed by atoms with Crippen LogP contribution in [0.5, 0.6) is 11.6 Å². The van der Waals surface area contributed by atoms with E-state index in [-0.39, 0.29) is 27.9 Å². The van der Waals surface area contributed by atoms with E-state index in [1.54, 1.807) is 12.1 Å². The first-order chi connectivity index (χ1) is 12.7. The van der Waals surface area contributed by atoms with Crippen LogP contribution in [0.3, 0.4) is 0 Å². The molecule has 1 aromatic heterocycles. The summed E-state index contributed by atoms with van der Waals surface area (Å²) in [4.78, 5) is 16.6. The number of nitrogens with zero attached hydrogens (tertiary/aromatic N) is 1. The molecule has 0 radical (unpaired) electrons. The average molecular weight is 390 g/mol. The zero-order valence-corrected chi connectivity index (χ0v) is 16.2. The maximum absolute atomic E-state index is 14.0. The van der Waals surface area contributed by atoms with E-state index in [0.717, 1.165) is 11.6 Å². The van der Waals surface area contributed by atoms with Crippen molar-refractivity contribution in [2.75, 3.05) is 0 Å². The summed E-state index contributed by atoms with van der Waals surface area (Å²) < 4.78 is 19.5. The average Bonchev–Trinajstić information content (AvgIpc) is 2.56. The number of aliphatic hydroxyl groups excluding tert-OH is 1. The summed E-state index contributed by atoms with van der Waals surface area (Å²) >= 11 is 5.71. The molecule has 6 heteroatoms. The lowest BCUT2D eigenvalue weighted by atomic mass is 9.74. The third-order valence-electron chi connectivity index (χ3n) is 4.57. The number of carbonyl (C=O) groups excluding carboxylic acids is 1. The fourth-order valence-electron chi connectivity index (χ4n) is 3.34. The highest BCUT2D eigenvalue weighted by Crippen LogP contribution is 2.41. The van der Waals surface area contributed by atoms with Crippen molar-refractivity contribution < 1.29 is 19.0 Å². The van der Waals surface area contributed by atoms with Crippen LogP contribution in [0.4, 0.5) is 4.39 Å². The minimum atomic E-state index is -0.679. The summed E-state index contributed by atoms with van der Waals surface area (Å²) in [6.45, 7) is 5.87. The van der Waals surface area contributed by atoms with Gasteiger partial charge in [0.1, 0.15) is 11.5 Å². The second-order valence-electron chi connectivity index (χ2n) is 7.48. The Balaban J connectivity index is 2.03. The topological polar surface area (TPSA) is 59.4 Å². The molecule has 4 nitrogen and oxygen atoms in total. The van der Waals surface area contributed by atoms with E-state index in [9.17, 15) is 14.3 Å². The van der Waals surface area contributed by atoms with Gasteiger partial charge >= 0.3 is 0 Å². The van der Waals surface area contributed by atoms with Crippen LogP contribution in [-0.2, 0) is 11.2 Å². The van der Waals surface area contributed by atoms with Crippen molar-refractivity contribution in [3.05, 3.63) is 58.2 Å². The number of pyridine rings is 1. The third kappa shape index (κ3) is 4.14. The summed E-state index contributed by atoms with van der Waals surface area (Å²) in [7, 11) is 0. The SMILES string of the molecule is CCc1ccc(Oc2ncc(Cl)cc2F)cc1C1=C(O)CC(C)(C)CC1=O. The predicted octanol–water partition coefficient (Wildman–Crippen LogP) is 5.89. The van der Waals surface area contributed by atoms with Gasteiger partial charge in [-0.1, -0.05) is 38.4 Å². The number of allylic oxidation sites excluding steroid dienone is 2. The molecule has 1 heterocycles. The van der Waals surface area contributed by atoms with Crippen molar-refractivity contribution >= 4 is 23.0 Å². The molecule has 2 aromatic rings. The maximum Gasteiger partial charge on any atom is 0.255 e. The van der Waals surface area contributed by atoms with Crippen LogP contribution in [0.25, 0.3) is 5.57 Å². The molecule has 142 valence electrons. The Morgan fingerprint density at radius 1 is 1.30 bits per heavy atom. The first kappa shape index (κ1) is 19.4. The lowest BCUT2D eigenvalue weighted by molar-refractivity contribution is -0.116. The van der Waals surface area contributed by atoms with Gasteiger partial charge < -0.3 is 9.84 Å². The van der Waals surface area contributed by atoms with Gasteiger partial charge in [-0.25, -0.2) is 9.37 Å². The molecule has 1 aliphatic rings. The van der Waals surface area contributed by atoms with Crippen molar-refractivity contribution in [1.29, 1.82) is 0 Å². The fraction of sp³-hybridized carbons (Fsp3) is 0.333. The van der Waals surface area contributed by atoms with Crippen molar-refractivity contribution in [3.8, 4) is 11.6 Å². The number of ketones is 1. The van der Waals surface area contributed by atoms with Gasteiger partial charge in [-0.15, -0.1) is 0 Å². The smallest absolute Gasteiger partial charge is 0.255 e. The van der Waals surface area contributed by atoms with Crippen molar-refractivity contribution in [1.82, 2.24) is 4.98 Å². The Labute approximate surface area is 162 Å². The number of halogens is 2. The quantitative estimate of drug-likeness (QED) is 0.708. The van der Waals surface area contributed by atoms with E-state index in [4.69, 9.17) is 16.3 Å². The molecule has 0 bridgehead atoms. The van der Waals surface area contributed by atoms with E-state index >= 15 is 0 Å². The Morgan fingerprint density at radius 2 is 2.04 bits per heavy atom. The van der Waals surface area contributed by atoms with Gasteiger partial charge in [-0.2, -0.15) is 0 Å². The lowest BCUT2D eigenvalue weighted by Gasteiger charge is -2.30. The number of Topliss-reactive ketones (excluding diaryl/α,β-unsaturated/α-hetero) is 1. The predicted molar refractivity (Wildman–Crippen MR) is 103 cm³/mol. The fourth-order valence-corrected chi connectivity index (χ4v) is 3.49. The molecule has 0 spiro atoms. The van der Waals surface area contributed by atoms with Gasteiger partial charge in [-0.3, -0.25) is 4.79 Å². The Bertz CT molecular complexity index is 937. The number of hydrogen-bond acceptors (Lipinski definition) is 4. The van der Waals surface area contributed by atoms with Crippen LogP contribution in [0.1, 0.15) is 44.7 Å². The van der Waals surface area contributed by atoms with E-state index in [0.29, 0.717) is 36.1 Å². The number of hydrogen-bond donors (Lipinski definition) is 1. The highest BCUT2D eigenvalue weighted by atomic mass is 35.5. The van der Waals surface area contributed by atoms with Gasteiger partial charge in [0, 0.05) is 19.0 Å². The number of rotatable bonds is 4. The molecule has 0 aliphatic heterocycles. The minimum absolute atomic E-state index is 0.0823. The first-order valence-corrected chi connectivity index (χ1v) is 9.15. The largest absolute Gasteiger partial charge is 0.512 e. The Kier molecular flexibility index (Phi) is 5.24. The highest BCUT2D eigenvalue weighted by molar-refractivity contribution is 6.30. The van der Waals surface area contributed by atoms with Crippen molar-refractivity contribution in [2.45, 2.75) is 40.0 Å². The Morgan fingerprint density at radius 3 is 2.67 bits per heavy atom. The Hall–Kier alpha value is -2.40. The summed E-state index contributed by atoms with van der Waals surface area (Å²) in [5.41, 5.74) is 1.56. The van der Waals surface area contributed by atoms with E-state index in [1.165, 1.54) is 6.20 Å². The molecule has 0 saturated heterocycles. The normalized spacial score (nSPS) is 16.6. The molecule has 0 saturated carbocycles. The number of aliphatic hydroxyl groups is 1. The standard InChI is InChI=1S/C21H21ClFNO3/c1-4-12-5-6-14(27-20-16(23)7-13(22)11-24-20)8-15(12)19-17(25)9-21(2,3)10-18(19)26/h5-8,11,25H,4,9-10H2,1-3H3. The summed E-state index contributed by atoms with van der Waals surface area (Å²) in [5, 5.41) is 10.7. The zero-order valence-electron chi connectivity index (χ0n) is 15.5. The minimum Gasteiger partial charge on any atom is -0.512 e. The number of aryl methyl sites for hydroxylation is 1. The zero-order chi connectivity index (χ0) is 19.8. The van der Waals surface area contributed by atoms with E-state index in [1.807, 2.05) is 26.8 Å². The molecule has 27 heavy (non-hydrogen) atoms. The number of ether oxygens (including phenoxy) is 1. The molecular weight excluding hydrogens is 369 g/mol. The van der Waals surface area contributed by atoms with Gasteiger partial charge in [0.15, 0.2) is 11.6 Å². The monoisotopic (exact) mass is 389 g/mol. The van der Waals surface area contributed by atoms with Crippen LogP contribution in [0.15, 0.2) is 36.2 Å². The first-order valence-electron chi connectivity index (χ1n) is 8.77. The summed E-state index contributed by atoms with van der Waals surface area (Å²) in [6, 6.07) is 6.27. The number of aromatic nitrogens is 1. The highest BCUT2D eigenvalue weighted by Gasteiger charge is 2.34. The van der Waals surface area contributed by atoms with Crippen LogP contribution in [0.2, 0.25) is 5.02 Å². The molecule has 1 N–H and O–H groups in total. The third-order valence-corrected chi connectivity index (χ3v) is 4.78. The van der Waals surface area contributed by atoms with E-state index < -0.39 is 5.82 Å². The molecular formula is C21H21ClFNO3. The van der Waals surface area contributed by atoms with Crippen molar-refractivity contribution in [2.24, 2.45) is 5.41 Å². The molecule has 0 atom stereocenters. The van der Waals surface area contributed by atoms with Crippen LogP contribution in [-0.4, -0.2) is 15.9 Å². The second-order valence-corrected chi connectivity index (χ2v) is 7.91. The summed E-state index contributed by atoms with van der Waals surface area (Å²) in [6.07, 6.45) is 2.75. The van der Waals surface area contributed by atoms with Crippen LogP contribution >= 0.6 is 11.6 Å². The molecule has 0 amide bonds. The summed E-state index contributed by atoms with van der Waals surface area (Å²) in [5.74, 6) is -0.579. The second kappa shape index (κ2) is 7.31. The molecule has 0 fully saturated rings. The van der Waals surface area contributed by atoms with Gasteiger partial charge in [0.25, 0.3) is 5.88 Å². The van der Waals surface area contributed by atoms with Gasteiger partial charge in [-0.05, 0) is 41.2 Å². The van der Waals surface area contributed by atoms with Crippen molar-refractivity contribution in [3.63, 3.8) is 0 Å². The number of carbonyl (C=O) groups is 1. The van der Waals surface area contributed by atoms with Gasteiger partial charge in [0.2, 0.25) is 0 Å². The van der Waals surface area contributed by atoms with Crippen LogP contribution in [0, 0.1) is 11.2 Å². The molecule has 3 rings (SSSR count). The molecule has 1 aliphatic carbocycles. The van der Waals surface area contributed by atoms with Gasteiger partial charge in [0.05, 0.1) is 10.6 Å². The number of benzene rings is 1. The lowest BCUT2D eigenvalue weighted by Crippen LogP contribution is -2.25.